The van der Waals surface area contributed by atoms with Gasteiger partial charge in [0.15, 0.2) is 16.8 Å². The van der Waals surface area contributed by atoms with E-state index in [1.165, 1.54) is 10.9 Å². The average Bonchev–Trinajstić information content (AvgIpc) is 3.08. The lowest BCUT2D eigenvalue weighted by Crippen LogP contribution is -2.40. The molecule has 0 radical (unpaired) electrons. The molecule has 3 rings (SSSR count). The van der Waals surface area contributed by atoms with Crippen molar-refractivity contribution < 1.29 is 20.0 Å². The molecule has 0 spiro atoms. The molecule has 0 bridgehead atoms. The third-order valence-electron chi connectivity index (χ3n) is 4.41. The Balaban J connectivity index is 1.78. The predicted octanol–water partition coefficient (Wildman–Crippen LogP) is 1.47. The van der Waals surface area contributed by atoms with E-state index in [0.29, 0.717) is 28.9 Å². The first-order valence-corrected chi connectivity index (χ1v) is 9.65. The average molecular weight is 412 g/mol. The molecule has 3 N–H and O–H groups in total. The summed E-state index contributed by atoms with van der Waals surface area (Å²) in [7, 11) is 0. The fraction of sp³-hybridized carbons (Fsp3) is 0.350. The molecule has 0 amide bonds. The van der Waals surface area contributed by atoms with E-state index in [1.54, 1.807) is 28.8 Å². The molecular weight excluding hydrogens is 386 g/mol. The molecule has 1 atom stereocenters. The van der Waals surface area contributed by atoms with Crippen LogP contribution < -0.4 is 10.1 Å². The highest BCUT2D eigenvalue weighted by Crippen LogP contribution is 2.11. The summed E-state index contributed by atoms with van der Waals surface area (Å²) in [6, 6.07) is 12.6. The monoisotopic (exact) mass is 412 g/mol. The van der Waals surface area contributed by atoms with Gasteiger partial charge in [0.05, 0.1) is 6.61 Å². The number of nitrogens with zero attached hydrogens (tertiary/aromatic N) is 7. The number of aromatic nitrogens is 3. The number of fused-ring (bicyclic) bond motifs is 1. The third-order valence-corrected chi connectivity index (χ3v) is 4.41. The molecule has 0 fully saturated rings. The van der Waals surface area contributed by atoms with Gasteiger partial charge in [-0.25, -0.2) is 0 Å². The first-order valence-electron chi connectivity index (χ1n) is 9.65. The second kappa shape index (κ2) is 9.90. The van der Waals surface area contributed by atoms with E-state index < -0.39 is 6.23 Å². The zero-order valence-electron chi connectivity index (χ0n) is 16.9. The van der Waals surface area contributed by atoms with Gasteiger partial charge in [-0.2, -0.15) is 9.68 Å². The molecule has 0 aliphatic rings. The van der Waals surface area contributed by atoms with Crippen molar-refractivity contribution in [3.05, 3.63) is 60.5 Å². The SMILES string of the molecule is CC(C)C(N=NCC(O)[n+]1cn(O)c2ccccc21)=NN=c1ccccn1CCO. The van der Waals surface area contributed by atoms with E-state index in [4.69, 9.17) is 5.11 Å². The van der Waals surface area contributed by atoms with Crippen molar-refractivity contribution in [3.63, 3.8) is 0 Å². The van der Waals surface area contributed by atoms with Crippen LogP contribution in [0, 0.1) is 5.92 Å². The normalized spacial score (nSPS) is 14.3. The van der Waals surface area contributed by atoms with Crippen molar-refractivity contribution in [1.82, 2.24) is 9.30 Å². The molecule has 0 saturated heterocycles. The van der Waals surface area contributed by atoms with Gasteiger partial charge < -0.3 is 20.0 Å². The number of benzene rings is 1. The van der Waals surface area contributed by atoms with Crippen LogP contribution in [-0.4, -0.2) is 43.7 Å². The maximum Gasteiger partial charge on any atom is 0.287 e. The summed E-state index contributed by atoms with van der Waals surface area (Å²) in [5.74, 6) is 0.382. The molecule has 158 valence electrons. The highest BCUT2D eigenvalue weighted by atomic mass is 16.5. The Hall–Kier alpha value is -3.37. The Labute approximate surface area is 173 Å². The van der Waals surface area contributed by atoms with Gasteiger partial charge in [0, 0.05) is 18.7 Å². The van der Waals surface area contributed by atoms with Crippen molar-refractivity contribution in [3.8, 4) is 0 Å². The Morgan fingerprint density at radius 2 is 1.90 bits per heavy atom. The Kier molecular flexibility index (Phi) is 7.04. The summed E-state index contributed by atoms with van der Waals surface area (Å²) in [5.41, 5.74) is 1.84. The van der Waals surface area contributed by atoms with Crippen LogP contribution in [0.2, 0.25) is 0 Å². The topological polar surface area (TPSA) is 124 Å². The van der Waals surface area contributed by atoms with Crippen molar-refractivity contribution in [2.45, 2.75) is 26.6 Å². The van der Waals surface area contributed by atoms with Crippen molar-refractivity contribution in [1.29, 1.82) is 0 Å². The molecular formula is C20H26N7O3+. The van der Waals surface area contributed by atoms with E-state index in [1.807, 2.05) is 38.2 Å². The largest absolute Gasteiger partial charge is 0.395 e. The molecule has 10 nitrogen and oxygen atoms in total. The van der Waals surface area contributed by atoms with Gasteiger partial charge >= 0.3 is 0 Å². The van der Waals surface area contributed by atoms with E-state index >= 15 is 0 Å². The fourth-order valence-electron chi connectivity index (χ4n) is 2.84. The van der Waals surface area contributed by atoms with Gasteiger partial charge in [-0.05, 0) is 29.0 Å². The number of imidazole rings is 1. The van der Waals surface area contributed by atoms with Crippen LogP contribution in [0.5, 0.6) is 0 Å². The minimum absolute atomic E-state index is 0.00252. The van der Waals surface area contributed by atoms with Gasteiger partial charge in [0.1, 0.15) is 6.54 Å². The molecule has 0 aliphatic heterocycles. The Bertz CT molecular complexity index is 1110. The number of aliphatic hydroxyl groups is 2. The maximum atomic E-state index is 10.5. The molecule has 1 aromatic carbocycles. The lowest BCUT2D eigenvalue weighted by atomic mass is 10.2. The smallest absolute Gasteiger partial charge is 0.287 e. The zero-order chi connectivity index (χ0) is 21.5. The summed E-state index contributed by atoms with van der Waals surface area (Å²) in [5, 5.41) is 46.3. The quantitative estimate of drug-likeness (QED) is 0.136. The van der Waals surface area contributed by atoms with Crippen LogP contribution in [0.4, 0.5) is 0 Å². The summed E-state index contributed by atoms with van der Waals surface area (Å²) in [6.45, 7) is 4.24. The van der Waals surface area contributed by atoms with Crippen molar-refractivity contribution in [2.24, 2.45) is 26.3 Å². The van der Waals surface area contributed by atoms with Crippen LogP contribution >= 0.6 is 0 Å². The number of azo groups is 1. The van der Waals surface area contributed by atoms with E-state index in [9.17, 15) is 10.3 Å². The summed E-state index contributed by atoms with van der Waals surface area (Å²) >= 11 is 0. The number of rotatable bonds is 7. The Morgan fingerprint density at radius 3 is 2.67 bits per heavy atom. The minimum Gasteiger partial charge on any atom is -0.395 e. The molecule has 0 saturated carbocycles. The molecule has 2 heterocycles. The second-order valence-electron chi connectivity index (χ2n) is 6.95. The van der Waals surface area contributed by atoms with Gasteiger partial charge in [-0.15, -0.1) is 15.3 Å². The number of amidine groups is 1. The maximum absolute atomic E-state index is 10.5. The number of pyridine rings is 1. The standard InChI is InChI=1S/C20H26N7O3/c1-15(2)20(24-22-18-9-5-6-10-25(18)11-12-28)23-21-13-19(29)26-14-27(30)17-8-4-3-7-16(17)26/h3-10,14-15,19,28-30H,11-13H2,1-2H3/q+1. The molecule has 10 heteroatoms. The van der Waals surface area contributed by atoms with Crippen molar-refractivity contribution in [2.75, 3.05) is 13.2 Å². The van der Waals surface area contributed by atoms with Crippen LogP contribution in [0.15, 0.2) is 75.4 Å². The van der Waals surface area contributed by atoms with Gasteiger partial charge in [0.25, 0.3) is 6.33 Å². The summed E-state index contributed by atoms with van der Waals surface area (Å²) < 4.78 is 4.26. The van der Waals surface area contributed by atoms with Gasteiger partial charge in [-0.3, -0.25) is 0 Å². The highest BCUT2D eigenvalue weighted by molar-refractivity contribution is 5.84. The van der Waals surface area contributed by atoms with Crippen LogP contribution in [0.1, 0.15) is 20.1 Å². The highest BCUT2D eigenvalue weighted by Gasteiger charge is 2.20. The number of para-hydroxylation sites is 2. The predicted molar refractivity (Wildman–Crippen MR) is 110 cm³/mol. The Morgan fingerprint density at radius 1 is 1.13 bits per heavy atom. The first-order chi connectivity index (χ1) is 14.5. The lowest BCUT2D eigenvalue weighted by Gasteiger charge is -2.05. The number of aliphatic hydroxyl groups excluding tert-OH is 2. The lowest BCUT2D eigenvalue weighted by molar-refractivity contribution is -0.735. The third kappa shape index (κ3) is 4.97. The van der Waals surface area contributed by atoms with Gasteiger partial charge in [0.2, 0.25) is 11.7 Å². The van der Waals surface area contributed by atoms with Crippen LogP contribution in [-0.2, 0) is 6.54 Å². The number of hydrogen-bond acceptors (Lipinski definition) is 6. The fourth-order valence-corrected chi connectivity index (χ4v) is 2.84. The van der Waals surface area contributed by atoms with E-state index in [-0.39, 0.29) is 19.1 Å². The van der Waals surface area contributed by atoms with Crippen LogP contribution in [0.25, 0.3) is 11.0 Å². The zero-order valence-corrected chi connectivity index (χ0v) is 16.9. The van der Waals surface area contributed by atoms with E-state index in [0.717, 1.165) is 4.73 Å². The second-order valence-corrected chi connectivity index (χ2v) is 6.95. The molecule has 0 aliphatic carbocycles. The van der Waals surface area contributed by atoms with Gasteiger partial charge in [-0.1, -0.05) is 32.0 Å². The van der Waals surface area contributed by atoms with Crippen molar-refractivity contribution >= 4 is 16.9 Å². The molecule has 30 heavy (non-hydrogen) atoms. The molecule has 1 unspecified atom stereocenters. The molecule has 3 aromatic rings. The number of hydrogen-bond donors (Lipinski definition) is 3. The molecule has 2 aromatic heterocycles. The minimum atomic E-state index is -1.00. The summed E-state index contributed by atoms with van der Waals surface area (Å²) in [4.78, 5) is 0. The first kappa shape index (κ1) is 21.3. The van der Waals surface area contributed by atoms with Crippen LogP contribution in [0.3, 0.4) is 0 Å². The summed E-state index contributed by atoms with van der Waals surface area (Å²) in [6.07, 6.45) is 2.21. The van der Waals surface area contributed by atoms with E-state index in [2.05, 4.69) is 20.4 Å².